The fourth-order valence-corrected chi connectivity index (χ4v) is 2.81. The summed E-state index contributed by atoms with van der Waals surface area (Å²) in [6.07, 6.45) is 1.94. The molecule has 1 aromatic heterocycles. The van der Waals surface area contributed by atoms with Gasteiger partial charge in [-0.2, -0.15) is 0 Å². The van der Waals surface area contributed by atoms with Crippen LogP contribution in [0.5, 0.6) is 0 Å². The largest absolute Gasteiger partial charge is 0.465 e. The van der Waals surface area contributed by atoms with E-state index in [1.807, 2.05) is 51.1 Å². The van der Waals surface area contributed by atoms with E-state index in [1.54, 1.807) is 0 Å². The Morgan fingerprint density at radius 3 is 2.42 bits per heavy atom. The number of hydrogen-bond acceptors (Lipinski definition) is 3. The lowest BCUT2D eigenvalue weighted by Gasteiger charge is -2.23. The number of carbonyl (C=O) groups excluding carboxylic acids is 1. The van der Waals surface area contributed by atoms with Crippen LogP contribution < -0.4 is 10.6 Å². The summed E-state index contributed by atoms with van der Waals surface area (Å²) >= 11 is 0. The van der Waals surface area contributed by atoms with Gasteiger partial charge in [-0.15, -0.1) is 0 Å². The smallest absolute Gasteiger partial charge is 0.237 e. The van der Waals surface area contributed by atoms with Crippen molar-refractivity contribution in [3.8, 4) is 0 Å². The average Bonchev–Trinajstić information content (AvgIpc) is 3.01. The highest BCUT2D eigenvalue weighted by molar-refractivity contribution is 5.81. The predicted molar refractivity (Wildman–Crippen MR) is 96.7 cm³/mol. The third kappa shape index (κ3) is 4.96. The minimum atomic E-state index is -0.298. The fourth-order valence-electron chi connectivity index (χ4n) is 2.81. The summed E-state index contributed by atoms with van der Waals surface area (Å²) in [4.78, 5) is 12.6. The third-order valence-electron chi connectivity index (χ3n) is 4.18. The second-order valence-corrected chi connectivity index (χ2v) is 6.32. The molecule has 3 atom stereocenters. The van der Waals surface area contributed by atoms with Crippen LogP contribution in [0.15, 0.2) is 46.9 Å². The second kappa shape index (κ2) is 8.69. The first-order chi connectivity index (χ1) is 11.5. The number of furan rings is 1. The molecule has 130 valence electrons. The molecular weight excluding hydrogens is 300 g/mol. The number of benzene rings is 1. The molecule has 2 N–H and O–H groups in total. The Morgan fingerprint density at radius 1 is 1.12 bits per heavy atom. The van der Waals surface area contributed by atoms with Crippen molar-refractivity contribution < 1.29 is 9.21 Å². The van der Waals surface area contributed by atoms with Gasteiger partial charge in [-0.05, 0) is 44.9 Å². The first-order valence-electron chi connectivity index (χ1n) is 8.69. The molecule has 0 bridgehead atoms. The summed E-state index contributed by atoms with van der Waals surface area (Å²) in [5, 5.41) is 6.47. The maximum atomic E-state index is 12.6. The van der Waals surface area contributed by atoms with Crippen LogP contribution >= 0.6 is 0 Å². The van der Waals surface area contributed by atoms with Crippen LogP contribution in [-0.4, -0.2) is 11.9 Å². The molecule has 3 unspecified atom stereocenters. The molecule has 0 aliphatic heterocycles. The molecule has 24 heavy (non-hydrogen) atoms. The molecule has 0 saturated carbocycles. The number of amides is 1. The lowest BCUT2D eigenvalue weighted by Crippen LogP contribution is -2.44. The summed E-state index contributed by atoms with van der Waals surface area (Å²) in [5.74, 6) is 1.73. The van der Waals surface area contributed by atoms with Gasteiger partial charge in [0.15, 0.2) is 0 Å². The van der Waals surface area contributed by atoms with Crippen molar-refractivity contribution in [1.29, 1.82) is 0 Å². The Kier molecular flexibility index (Phi) is 6.62. The number of aryl methyl sites for hydroxylation is 1. The zero-order chi connectivity index (χ0) is 17.5. The van der Waals surface area contributed by atoms with E-state index in [2.05, 4.69) is 29.7 Å². The molecule has 0 saturated heterocycles. The Bertz CT molecular complexity index is 636. The van der Waals surface area contributed by atoms with E-state index in [0.717, 1.165) is 29.9 Å². The van der Waals surface area contributed by atoms with Gasteiger partial charge in [0.1, 0.15) is 11.5 Å². The molecule has 1 heterocycles. The number of nitrogens with one attached hydrogen (secondary N) is 2. The van der Waals surface area contributed by atoms with Gasteiger partial charge >= 0.3 is 0 Å². The van der Waals surface area contributed by atoms with Gasteiger partial charge in [0, 0.05) is 0 Å². The first-order valence-corrected chi connectivity index (χ1v) is 8.69. The van der Waals surface area contributed by atoms with Crippen molar-refractivity contribution in [2.24, 2.45) is 0 Å². The van der Waals surface area contributed by atoms with Crippen LogP contribution in [0.3, 0.4) is 0 Å². The fraction of sp³-hybridized carbons (Fsp3) is 0.450. The minimum Gasteiger partial charge on any atom is -0.465 e. The molecule has 4 heteroatoms. The van der Waals surface area contributed by atoms with E-state index >= 15 is 0 Å². The average molecular weight is 328 g/mol. The monoisotopic (exact) mass is 328 g/mol. The van der Waals surface area contributed by atoms with Crippen LogP contribution in [0, 0.1) is 6.92 Å². The van der Waals surface area contributed by atoms with Gasteiger partial charge in [0.2, 0.25) is 5.91 Å². The predicted octanol–water partition coefficient (Wildman–Crippen LogP) is 4.28. The van der Waals surface area contributed by atoms with Crippen LogP contribution in [0.4, 0.5) is 0 Å². The maximum absolute atomic E-state index is 12.6. The van der Waals surface area contributed by atoms with Gasteiger partial charge < -0.3 is 9.73 Å². The minimum absolute atomic E-state index is 0.00688. The van der Waals surface area contributed by atoms with Gasteiger partial charge in [-0.1, -0.05) is 43.7 Å². The van der Waals surface area contributed by atoms with Crippen molar-refractivity contribution in [2.75, 3.05) is 0 Å². The molecule has 4 nitrogen and oxygen atoms in total. The molecular formula is C20H28N2O2. The summed E-state index contributed by atoms with van der Waals surface area (Å²) in [7, 11) is 0. The van der Waals surface area contributed by atoms with Crippen LogP contribution in [0.2, 0.25) is 0 Å². The van der Waals surface area contributed by atoms with Crippen LogP contribution in [-0.2, 0) is 4.79 Å². The molecule has 0 aliphatic carbocycles. The molecule has 2 rings (SSSR count). The highest BCUT2D eigenvalue weighted by Gasteiger charge is 2.21. The number of rotatable bonds is 8. The van der Waals surface area contributed by atoms with Crippen molar-refractivity contribution in [3.63, 3.8) is 0 Å². The number of carbonyl (C=O) groups is 1. The summed E-state index contributed by atoms with van der Waals surface area (Å²) in [6.45, 7) is 7.94. The Labute approximate surface area is 144 Å². The Hall–Kier alpha value is -2.07. The van der Waals surface area contributed by atoms with Crippen molar-refractivity contribution in [2.45, 2.75) is 58.7 Å². The molecule has 0 spiro atoms. The highest BCUT2D eigenvalue weighted by atomic mass is 16.3. The van der Waals surface area contributed by atoms with Crippen LogP contribution in [0.25, 0.3) is 0 Å². The SMILES string of the molecule is CCCC(NC(=O)C(C)NC(C)c1ccc(C)o1)c1ccccc1. The third-order valence-corrected chi connectivity index (χ3v) is 4.18. The van der Waals surface area contributed by atoms with Gasteiger partial charge in [0.25, 0.3) is 0 Å². The topological polar surface area (TPSA) is 54.3 Å². The van der Waals surface area contributed by atoms with E-state index < -0.39 is 0 Å². The van der Waals surface area contributed by atoms with Gasteiger partial charge in [-0.3, -0.25) is 10.1 Å². The Morgan fingerprint density at radius 2 is 1.83 bits per heavy atom. The Balaban J connectivity index is 1.96. The van der Waals surface area contributed by atoms with Gasteiger partial charge in [-0.25, -0.2) is 0 Å². The zero-order valence-corrected chi connectivity index (χ0v) is 15.0. The van der Waals surface area contributed by atoms with Crippen molar-refractivity contribution >= 4 is 5.91 Å². The molecule has 1 aromatic carbocycles. The lowest BCUT2D eigenvalue weighted by molar-refractivity contribution is -0.123. The first kappa shape index (κ1) is 18.3. The zero-order valence-electron chi connectivity index (χ0n) is 15.0. The summed E-state index contributed by atoms with van der Waals surface area (Å²) in [5.41, 5.74) is 1.15. The maximum Gasteiger partial charge on any atom is 0.237 e. The highest BCUT2D eigenvalue weighted by Crippen LogP contribution is 2.19. The molecule has 1 amide bonds. The number of hydrogen-bond donors (Lipinski definition) is 2. The lowest BCUT2D eigenvalue weighted by atomic mass is 10.0. The van der Waals surface area contributed by atoms with Crippen molar-refractivity contribution in [1.82, 2.24) is 10.6 Å². The normalized spacial score (nSPS) is 14.8. The van der Waals surface area contributed by atoms with Crippen molar-refractivity contribution in [3.05, 3.63) is 59.5 Å². The van der Waals surface area contributed by atoms with E-state index in [1.165, 1.54) is 0 Å². The van der Waals surface area contributed by atoms with E-state index in [9.17, 15) is 4.79 Å². The standard InChI is InChI=1S/C20H28N2O2/c1-5-9-18(17-10-7-6-8-11-17)22-20(23)16(4)21-15(3)19-13-12-14(2)24-19/h6-8,10-13,15-16,18,21H,5,9H2,1-4H3,(H,22,23). The quantitative estimate of drug-likeness (QED) is 0.760. The molecule has 2 aromatic rings. The van der Waals surface area contributed by atoms with E-state index in [0.29, 0.717) is 0 Å². The van der Waals surface area contributed by atoms with Gasteiger partial charge in [0.05, 0.1) is 18.1 Å². The molecule has 0 radical (unpaired) electrons. The van der Waals surface area contributed by atoms with E-state index in [4.69, 9.17) is 4.42 Å². The van der Waals surface area contributed by atoms with E-state index in [-0.39, 0.29) is 24.0 Å². The van der Waals surface area contributed by atoms with Crippen LogP contribution in [0.1, 0.15) is 62.8 Å². The summed E-state index contributed by atoms with van der Waals surface area (Å²) < 4.78 is 5.62. The molecule has 0 fully saturated rings. The second-order valence-electron chi connectivity index (χ2n) is 6.32. The summed E-state index contributed by atoms with van der Waals surface area (Å²) in [6, 6.07) is 13.8. The molecule has 0 aliphatic rings.